The van der Waals surface area contributed by atoms with Gasteiger partial charge in [-0.25, -0.2) is 0 Å². The van der Waals surface area contributed by atoms with E-state index >= 15 is 0 Å². The minimum absolute atomic E-state index is 0.230. The summed E-state index contributed by atoms with van der Waals surface area (Å²) < 4.78 is 0. The second-order valence-electron chi connectivity index (χ2n) is 5.28. The average molecular weight is 235 g/mol. The Morgan fingerprint density at radius 3 is 2.53 bits per heavy atom. The third-order valence-corrected chi connectivity index (χ3v) is 3.95. The molecule has 1 N–H and O–H groups in total. The molecule has 0 aromatic rings. The van der Waals surface area contributed by atoms with Crippen LogP contribution in [-0.4, -0.2) is 36.5 Å². The molecule has 1 saturated heterocycles. The molecule has 0 atom stereocenters. The van der Waals surface area contributed by atoms with Crippen LogP contribution in [-0.2, 0) is 4.79 Å². The van der Waals surface area contributed by atoms with E-state index in [1.54, 1.807) is 0 Å². The van der Waals surface area contributed by atoms with Crippen LogP contribution in [0.1, 0.15) is 38.5 Å². The van der Waals surface area contributed by atoms with Crippen molar-refractivity contribution in [3.8, 4) is 6.07 Å². The molecule has 4 heteroatoms. The van der Waals surface area contributed by atoms with Crippen molar-refractivity contribution in [1.82, 2.24) is 10.2 Å². The van der Waals surface area contributed by atoms with Crippen molar-refractivity contribution in [3.63, 3.8) is 0 Å². The lowest BCUT2D eigenvalue weighted by Gasteiger charge is -2.31. The third-order valence-electron chi connectivity index (χ3n) is 3.95. The molecule has 0 aromatic heterocycles. The SMILES string of the molecule is N#CCN1CCC(NC(=O)CC2CCC2)CC1. The van der Waals surface area contributed by atoms with Crippen LogP contribution in [0.3, 0.4) is 0 Å². The van der Waals surface area contributed by atoms with Gasteiger partial charge in [0, 0.05) is 25.6 Å². The topological polar surface area (TPSA) is 56.1 Å². The van der Waals surface area contributed by atoms with Crippen LogP contribution in [0.25, 0.3) is 0 Å². The first-order chi connectivity index (χ1) is 8.28. The van der Waals surface area contributed by atoms with Crippen molar-refractivity contribution in [1.29, 1.82) is 5.26 Å². The Hall–Kier alpha value is -1.08. The molecular formula is C13H21N3O. The molecule has 17 heavy (non-hydrogen) atoms. The maximum atomic E-state index is 11.7. The number of nitriles is 1. The highest BCUT2D eigenvalue weighted by atomic mass is 16.1. The molecule has 4 nitrogen and oxygen atoms in total. The van der Waals surface area contributed by atoms with Gasteiger partial charge in [0.1, 0.15) is 0 Å². The Balaban J connectivity index is 1.63. The molecule has 1 heterocycles. The first-order valence-corrected chi connectivity index (χ1v) is 6.66. The van der Waals surface area contributed by atoms with E-state index in [2.05, 4.69) is 16.3 Å². The minimum atomic E-state index is 0.230. The fraction of sp³-hybridized carbons (Fsp3) is 0.846. The zero-order valence-corrected chi connectivity index (χ0v) is 10.3. The van der Waals surface area contributed by atoms with Crippen LogP contribution in [0.4, 0.5) is 0 Å². The molecule has 0 aromatic carbocycles. The zero-order valence-electron chi connectivity index (χ0n) is 10.3. The fourth-order valence-electron chi connectivity index (χ4n) is 2.58. The summed E-state index contributed by atoms with van der Waals surface area (Å²) in [5.74, 6) is 0.877. The molecule has 1 saturated carbocycles. The number of carbonyl (C=O) groups excluding carboxylic acids is 1. The number of hydrogen-bond acceptors (Lipinski definition) is 3. The van der Waals surface area contributed by atoms with E-state index in [4.69, 9.17) is 5.26 Å². The average Bonchev–Trinajstić information content (AvgIpc) is 2.27. The summed E-state index contributed by atoms with van der Waals surface area (Å²) in [7, 11) is 0. The number of carbonyl (C=O) groups is 1. The fourth-order valence-corrected chi connectivity index (χ4v) is 2.58. The van der Waals surface area contributed by atoms with Gasteiger partial charge >= 0.3 is 0 Å². The van der Waals surface area contributed by atoms with Gasteiger partial charge in [0.15, 0.2) is 0 Å². The molecule has 1 amide bonds. The van der Waals surface area contributed by atoms with Gasteiger partial charge in [0.25, 0.3) is 0 Å². The van der Waals surface area contributed by atoms with Gasteiger partial charge in [-0.15, -0.1) is 0 Å². The van der Waals surface area contributed by atoms with Gasteiger partial charge in [0.2, 0.25) is 5.91 Å². The largest absolute Gasteiger partial charge is 0.353 e. The third kappa shape index (κ3) is 3.71. The number of likely N-dealkylation sites (tertiary alicyclic amines) is 1. The van der Waals surface area contributed by atoms with Gasteiger partial charge < -0.3 is 5.32 Å². The minimum Gasteiger partial charge on any atom is -0.353 e. The molecular weight excluding hydrogens is 214 g/mol. The van der Waals surface area contributed by atoms with Crippen LogP contribution < -0.4 is 5.32 Å². The lowest BCUT2D eigenvalue weighted by molar-refractivity contribution is -0.123. The summed E-state index contributed by atoms with van der Waals surface area (Å²) in [6.45, 7) is 2.38. The number of amides is 1. The Labute approximate surface area is 103 Å². The zero-order chi connectivity index (χ0) is 12.1. The molecule has 0 spiro atoms. The Morgan fingerprint density at radius 2 is 2.00 bits per heavy atom. The number of nitrogens with one attached hydrogen (secondary N) is 1. The predicted octanol–water partition coefficient (Wildman–Crippen LogP) is 1.28. The highest BCUT2D eigenvalue weighted by Crippen LogP contribution is 2.29. The second-order valence-corrected chi connectivity index (χ2v) is 5.28. The summed E-state index contributed by atoms with van der Waals surface area (Å²) in [5, 5.41) is 11.7. The van der Waals surface area contributed by atoms with Crippen molar-refractivity contribution in [2.45, 2.75) is 44.6 Å². The molecule has 0 unspecified atom stereocenters. The molecule has 1 aliphatic heterocycles. The monoisotopic (exact) mass is 235 g/mol. The van der Waals surface area contributed by atoms with E-state index < -0.39 is 0 Å². The normalized spacial score (nSPS) is 22.8. The summed E-state index contributed by atoms with van der Waals surface area (Å²) in [4.78, 5) is 13.9. The van der Waals surface area contributed by atoms with Gasteiger partial charge in [-0.05, 0) is 31.6 Å². The van der Waals surface area contributed by atoms with E-state index in [0.717, 1.165) is 32.4 Å². The van der Waals surface area contributed by atoms with Gasteiger partial charge in [-0.2, -0.15) is 5.26 Å². The lowest BCUT2D eigenvalue weighted by Crippen LogP contribution is -2.45. The van der Waals surface area contributed by atoms with Crippen LogP contribution >= 0.6 is 0 Å². The second kappa shape index (κ2) is 6.02. The quantitative estimate of drug-likeness (QED) is 0.747. The van der Waals surface area contributed by atoms with Crippen LogP contribution in [0, 0.1) is 17.2 Å². The molecule has 1 aliphatic carbocycles. The summed E-state index contributed by atoms with van der Waals surface area (Å²) in [5.41, 5.74) is 0. The summed E-state index contributed by atoms with van der Waals surface area (Å²) in [6.07, 6.45) is 6.45. The smallest absolute Gasteiger partial charge is 0.220 e. The summed E-state index contributed by atoms with van der Waals surface area (Å²) in [6, 6.07) is 2.50. The number of hydrogen-bond donors (Lipinski definition) is 1. The van der Waals surface area contributed by atoms with Gasteiger partial charge in [0.05, 0.1) is 12.6 Å². The van der Waals surface area contributed by atoms with E-state index in [9.17, 15) is 4.79 Å². The standard InChI is InChI=1S/C13H21N3O/c14-6-9-16-7-4-12(5-8-16)15-13(17)10-11-2-1-3-11/h11-12H,1-5,7-10H2,(H,15,17). The van der Waals surface area contributed by atoms with E-state index in [1.807, 2.05) is 0 Å². The summed E-state index contributed by atoms with van der Waals surface area (Å²) >= 11 is 0. The van der Waals surface area contributed by atoms with Crippen molar-refractivity contribution in [2.75, 3.05) is 19.6 Å². The highest BCUT2D eigenvalue weighted by molar-refractivity contribution is 5.76. The predicted molar refractivity (Wildman–Crippen MR) is 65.2 cm³/mol. The Kier molecular flexibility index (Phi) is 4.38. The van der Waals surface area contributed by atoms with Crippen molar-refractivity contribution < 1.29 is 4.79 Å². The van der Waals surface area contributed by atoms with E-state index in [0.29, 0.717) is 18.5 Å². The van der Waals surface area contributed by atoms with Crippen LogP contribution in [0.2, 0.25) is 0 Å². The van der Waals surface area contributed by atoms with Crippen LogP contribution in [0.5, 0.6) is 0 Å². The van der Waals surface area contributed by atoms with Crippen molar-refractivity contribution >= 4 is 5.91 Å². The lowest BCUT2D eigenvalue weighted by atomic mass is 9.83. The Morgan fingerprint density at radius 1 is 1.29 bits per heavy atom. The van der Waals surface area contributed by atoms with E-state index in [1.165, 1.54) is 19.3 Å². The highest BCUT2D eigenvalue weighted by Gasteiger charge is 2.24. The molecule has 94 valence electrons. The molecule has 0 radical (unpaired) electrons. The van der Waals surface area contributed by atoms with Crippen molar-refractivity contribution in [3.05, 3.63) is 0 Å². The first-order valence-electron chi connectivity index (χ1n) is 6.66. The van der Waals surface area contributed by atoms with E-state index in [-0.39, 0.29) is 5.91 Å². The number of nitrogens with zero attached hydrogens (tertiary/aromatic N) is 2. The van der Waals surface area contributed by atoms with Crippen molar-refractivity contribution in [2.24, 2.45) is 5.92 Å². The first kappa shape index (κ1) is 12.4. The maximum absolute atomic E-state index is 11.7. The molecule has 2 aliphatic rings. The maximum Gasteiger partial charge on any atom is 0.220 e. The van der Waals surface area contributed by atoms with Crippen LogP contribution in [0.15, 0.2) is 0 Å². The number of rotatable bonds is 4. The number of piperidine rings is 1. The molecule has 2 fully saturated rings. The van der Waals surface area contributed by atoms with Gasteiger partial charge in [-0.1, -0.05) is 6.42 Å². The molecule has 0 bridgehead atoms. The Bertz CT molecular complexity index is 298. The molecule has 2 rings (SSSR count). The van der Waals surface area contributed by atoms with Gasteiger partial charge in [-0.3, -0.25) is 9.69 Å².